The predicted octanol–water partition coefficient (Wildman–Crippen LogP) is 4.99. The van der Waals surface area contributed by atoms with E-state index in [4.69, 9.17) is 4.74 Å². The van der Waals surface area contributed by atoms with Gasteiger partial charge in [0.05, 0.1) is 11.9 Å². The van der Waals surface area contributed by atoms with E-state index in [2.05, 4.69) is 10.3 Å². The Balaban J connectivity index is 1.50. The van der Waals surface area contributed by atoms with E-state index in [0.29, 0.717) is 11.6 Å². The van der Waals surface area contributed by atoms with Crippen molar-refractivity contribution in [2.45, 2.75) is 25.4 Å². The highest BCUT2D eigenvalue weighted by Crippen LogP contribution is 2.29. The highest BCUT2D eigenvalue weighted by atomic mass is 16.5. The van der Waals surface area contributed by atoms with Crippen molar-refractivity contribution in [2.75, 3.05) is 5.32 Å². The largest absolute Gasteiger partial charge is 0.465 e. The van der Waals surface area contributed by atoms with Crippen molar-refractivity contribution in [1.82, 2.24) is 4.98 Å². The maximum Gasteiger partial charge on any atom is 0.227 e. The molecule has 4 nitrogen and oxygen atoms in total. The fraction of sp³-hybridized carbons (Fsp3) is 0.217. The van der Waals surface area contributed by atoms with E-state index in [0.717, 1.165) is 30.4 Å². The van der Waals surface area contributed by atoms with Crippen LogP contribution in [0.1, 0.15) is 36.5 Å². The third-order valence-corrected chi connectivity index (χ3v) is 4.92. The van der Waals surface area contributed by atoms with Crippen molar-refractivity contribution >= 4 is 11.6 Å². The van der Waals surface area contributed by atoms with E-state index in [1.165, 1.54) is 0 Å². The van der Waals surface area contributed by atoms with Gasteiger partial charge in [-0.25, -0.2) is 4.98 Å². The van der Waals surface area contributed by atoms with Crippen LogP contribution in [0.5, 0.6) is 5.88 Å². The first-order valence-electron chi connectivity index (χ1n) is 9.33. The van der Waals surface area contributed by atoms with Gasteiger partial charge in [0, 0.05) is 12.0 Å². The van der Waals surface area contributed by atoms with Crippen LogP contribution in [0.15, 0.2) is 79.0 Å². The summed E-state index contributed by atoms with van der Waals surface area (Å²) in [7, 11) is 0. The van der Waals surface area contributed by atoms with Crippen molar-refractivity contribution in [3.63, 3.8) is 0 Å². The Morgan fingerprint density at radius 1 is 0.926 bits per heavy atom. The number of amides is 1. The number of anilines is 1. The van der Waals surface area contributed by atoms with Gasteiger partial charge in [-0.15, -0.1) is 0 Å². The summed E-state index contributed by atoms with van der Waals surface area (Å²) < 4.78 is 6.20. The molecule has 1 amide bonds. The Kier molecular flexibility index (Phi) is 5.15. The Labute approximate surface area is 159 Å². The van der Waals surface area contributed by atoms with Gasteiger partial charge < -0.3 is 10.1 Å². The first kappa shape index (κ1) is 17.3. The van der Waals surface area contributed by atoms with Gasteiger partial charge in [-0.05, 0) is 30.0 Å². The SMILES string of the molecule is O=C(Nc1ccc(OC(c2ccccc2)c2ccccc2)nc1)C1CCC1. The zero-order valence-corrected chi connectivity index (χ0v) is 15.0. The van der Waals surface area contributed by atoms with Gasteiger partial charge in [0.25, 0.3) is 0 Å². The molecule has 2 aromatic carbocycles. The molecule has 1 N–H and O–H groups in total. The molecule has 136 valence electrons. The van der Waals surface area contributed by atoms with Gasteiger partial charge in [-0.1, -0.05) is 67.1 Å². The van der Waals surface area contributed by atoms with E-state index in [1.54, 1.807) is 12.3 Å². The minimum atomic E-state index is -0.240. The normalized spacial score (nSPS) is 13.8. The summed E-state index contributed by atoms with van der Waals surface area (Å²) in [5.74, 6) is 0.763. The minimum Gasteiger partial charge on any atom is -0.465 e. The van der Waals surface area contributed by atoms with Crippen LogP contribution in [-0.2, 0) is 4.79 Å². The number of ether oxygens (including phenoxy) is 1. The molecule has 0 saturated heterocycles. The molecule has 4 heteroatoms. The summed E-state index contributed by atoms with van der Waals surface area (Å²) >= 11 is 0. The zero-order chi connectivity index (χ0) is 18.5. The maximum absolute atomic E-state index is 12.1. The van der Waals surface area contributed by atoms with Crippen molar-refractivity contribution in [3.8, 4) is 5.88 Å². The number of nitrogens with one attached hydrogen (secondary N) is 1. The van der Waals surface area contributed by atoms with Gasteiger partial charge >= 0.3 is 0 Å². The molecule has 3 aromatic rings. The van der Waals surface area contributed by atoms with Gasteiger partial charge in [0.15, 0.2) is 6.10 Å². The number of hydrogen-bond donors (Lipinski definition) is 1. The number of rotatable bonds is 6. The van der Waals surface area contributed by atoms with Crippen molar-refractivity contribution in [2.24, 2.45) is 5.92 Å². The Morgan fingerprint density at radius 3 is 2.04 bits per heavy atom. The third kappa shape index (κ3) is 4.17. The molecule has 1 aromatic heterocycles. The lowest BCUT2D eigenvalue weighted by Gasteiger charge is -2.24. The molecule has 0 aliphatic heterocycles. The molecule has 1 heterocycles. The topological polar surface area (TPSA) is 51.2 Å². The van der Waals surface area contributed by atoms with E-state index in [9.17, 15) is 4.79 Å². The average molecular weight is 358 g/mol. The van der Waals surface area contributed by atoms with E-state index in [1.807, 2.05) is 66.7 Å². The molecule has 0 atom stereocenters. The number of benzene rings is 2. The first-order valence-corrected chi connectivity index (χ1v) is 9.33. The predicted molar refractivity (Wildman–Crippen MR) is 106 cm³/mol. The van der Waals surface area contributed by atoms with Crippen LogP contribution in [0.4, 0.5) is 5.69 Å². The second-order valence-electron chi connectivity index (χ2n) is 6.82. The zero-order valence-electron chi connectivity index (χ0n) is 15.0. The van der Waals surface area contributed by atoms with Crippen LogP contribution in [0.25, 0.3) is 0 Å². The first-order chi connectivity index (χ1) is 13.3. The standard InChI is InChI=1S/C23H22N2O2/c26-23(19-12-7-13-19)25-20-14-15-21(24-16-20)27-22(17-8-3-1-4-9-17)18-10-5-2-6-11-18/h1-6,8-11,14-16,19,22H,7,12-13H2,(H,25,26). The lowest BCUT2D eigenvalue weighted by atomic mass is 9.85. The van der Waals surface area contributed by atoms with E-state index < -0.39 is 0 Å². The molecule has 0 radical (unpaired) electrons. The molecule has 4 rings (SSSR count). The van der Waals surface area contributed by atoms with Crippen molar-refractivity contribution in [1.29, 1.82) is 0 Å². The molecular formula is C23H22N2O2. The second kappa shape index (κ2) is 8.04. The van der Waals surface area contributed by atoms with Gasteiger partial charge in [0.1, 0.15) is 0 Å². The van der Waals surface area contributed by atoms with E-state index >= 15 is 0 Å². The number of carbonyl (C=O) groups is 1. The summed E-state index contributed by atoms with van der Waals surface area (Å²) in [6, 6.07) is 23.8. The molecule has 1 saturated carbocycles. The Hall–Kier alpha value is -3.14. The molecule has 1 fully saturated rings. The summed E-state index contributed by atoms with van der Waals surface area (Å²) in [5.41, 5.74) is 2.83. The van der Waals surface area contributed by atoms with Crippen LogP contribution < -0.4 is 10.1 Å². The summed E-state index contributed by atoms with van der Waals surface area (Å²) in [4.78, 5) is 16.4. The Morgan fingerprint density at radius 2 is 1.56 bits per heavy atom. The van der Waals surface area contributed by atoms with Crippen molar-refractivity contribution < 1.29 is 9.53 Å². The lowest BCUT2D eigenvalue weighted by Crippen LogP contribution is -2.28. The molecular weight excluding hydrogens is 336 g/mol. The summed E-state index contributed by atoms with van der Waals surface area (Å²) in [5, 5.41) is 2.93. The molecule has 0 unspecified atom stereocenters. The average Bonchev–Trinajstić information content (AvgIpc) is 2.67. The van der Waals surface area contributed by atoms with Gasteiger partial charge in [-0.2, -0.15) is 0 Å². The smallest absolute Gasteiger partial charge is 0.227 e. The fourth-order valence-corrected chi connectivity index (χ4v) is 3.14. The number of hydrogen-bond acceptors (Lipinski definition) is 3. The monoisotopic (exact) mass is 358 g/mol. The van der Waals surface area contributed by atoms with Crippen molar-refractivity contribution in [3.05, 3.63) is 90.1 Å². The lowest BCUT2D eigenvalue weighted by molar-refractivity contribution is -0.122. The molecule has 27 heavy (non-hydrogen) atoms. The van der Waals surface area contributed by atoms with Gasteiger partial charge in [-0.3, -0.25) is 4.79 Å². The second-order valence-corrected chi connectivity index (χ2v) is 6.82. The van der Waals surface area contributed by atoms with Crippen LogP contribution >= 0.6 is 0 Å². The van der Waals surface area contributed by atoms with Crippen LogP contribution in [0.2, 0.25) is 0 Å². The third-order valence-electron chi connectivity index (χ3n) is 4.92. The van der Waals surface area contributed by atoms with Crippen LogP contribution in [0, 0.1) is 5.92 Å². The summed E-state index contributed by atoms with van der Waals surface area (Å²) in [6.45, 7) is 0. The van der Waals surface area contributed by atoms with Crippen LogP contribution in [-0.4, -0.2) is 10.9 Å². The Bertz CT molecular complexity index is 836. The number of aromatic nitrogens is 1. The number of pyridine rings is 1. The highest BCUT2D eigenvalue weighted by Gasteiger charge is 2.25. The highest BCUT2D eigenvalue weighted by molar-refractivity contribution is 5.92. The minimum absolute atomic E-state index is 0.0863. The quantitative estimate of drug-likeness (QED) is 0.675. The summed E-state index contributed by atoms with van der Waals surface area (Å²) in [6.07, 6.45) is 4.52. The molecule has 0 spiro atoms. The number of nitrogens with zero attached hydrogens (tertiary/aromatic N) is 1. The maximum atomic E-state index is 12.1. The fourth-order valence-electron chi connectivity index (χ4n) is 3.14. The molecule has 1 aliphatic carbocycles. The van der Waals surface area contributed by atoms with Gasteiger partial charge in [0.2, 0.25) is 11.8 Å². The molecule has 0 bridgehead atoms. The molecule has 1 aliphatic rings. The number of carbonyl (C=O) groups excluding carboxylic acids is 1. The van der Waals surface area contributed by atoms with Crippen LogP contribution in [0.3, 0.4) is 0 Å². The van der Waals surface area contributed by atoms with E-state index in [-0.39, 0.29) is 17.9 Å².